The molecule has 116 valence electrons. The van der Waals surface area contributed by atoms with E-state index in [0.717, 1.165) is 0 Å². The predicted molar refractivity (Wildman–Crippen MR) is 89.0 cm³/mol. The normalized spacial score (nSPS) is 11.2. The molecule has 6 heteroatoms. The molecule has 0 saturated carbocycles. The van der Waals surface area contributed by atoms with Gasteiger partial charge in [0.05, 0.1) is 5.75 Å². The molecule has 0 radical (unpaired) electrons. The van der Waals surface area contributed by atoms with Gasteiger partial charge in [-0.15, -0.1) is 0 Å². The van der Waals surface area contributed by atoms with E-state index < -0.39 is 10.0 Å². The van der Waals surface area contributed by atoms with E-state index in [1.807, 2.05) is 0 Å². The van der Waals surface area contributed by atoms with E-state index in [1.165, 1.54) is 6.07 Å². The summed E-state index contributed by atoms with van der Waals surface area (Å²) in [6.45, 7) is 1.79. The van der Waals surface area contributed by atoms with E-state index in [0.29, 0.717) is 28.3 Å². The van der Waals surface area contributed by atoms with Crippen LogP contribution in [0, 0.1) is 0 Å². The number of carbonyl (C=O) groups excluding carboxylic acids is 1. The summed E-state index contributed by atoms with van der Waals surface area (Å²) in [6.07, 6.45) is 0.527. The third-order valence-electron chi connectivity index (χ3n) is 2.98. The largest absolute Gasteiger partial charge is 0.289 e. The SMILES string of the molecule is CCCS(=O)(=O)Nc1cccc(C(=O)c2ccc(Cl)cc2)c1. The maximum absolute atomic E-state index is 12.4. The Morgan fingerprint density at radius 1 is 1.09 bits per heavy atom. The summed E-state index contributed by atoms with van der Waals surface area (Å²) < 4.78 is 26.0. The van der Waals surface area contributed by atoms with Gasteiger partial charge < -0.3 is 0 Å². The summed E-state index contributed by atoms with van der Waals surface area (Å²) in [4.78, 5) is 12.4. The molecule has 0 aromatic heterocycles. The summed E-state index contributed by atoms with van der Waals surface area (Å²) in [7, 11) is -3.38. The van der Waals surface area contributed by atoms with E-state index in [9.17, 15) is 13.2 Å². The van der Waals surface area contributed by atoms with Crippen molar-refractivity contribution in [2.24, 2.45) is 0 Å². The van der Waals surface area contributed by atoms with Gasteiger partial charge in [-0.3, -0.25) is 9.52 Å². The second-order valence-electron chi connectivity index (χ2n) is 4.84. The minimum Gasteiger partial charge on any atom is -0.289 e. The predicted octanol–water partition coefficient (Wildman–Crippen LogP) is 3.72. The van der Waals surface area contributed by atoms with Crippen LogP contribution in [0.4, 0.5) is 5.69 Å². The summed E-state index contributed by atoms with van der Waals surface area (Å²) in [5.74, 6) is -0.143. The van der Waals surface area contributed by atoms with Crippen molar-refractivity contribution in [1.82, 2.24) is 0 Å². The molecule has 0 fully saturated rings. The molecule has 2 rings (SSSR count). The number of hydrogen-bond acceptors (Lipinski definition) is 3. The third kappa shape index (κ3) is 4.32. The Kier molecular flexibility index (Phi) is 5.21. The van der Waals surface area contributed by atoms with Crippen molar-refractivity contribution < 1.29 is 13.2 Å². The van der Waals surface area contributed by atoms with E-state index >= 15 is 0 Å². The second-order valence-corrected chi connectivity index (χ2v) is 7.12. The molecule has 4 nitrogen and oxygen atoms in total. The average Bonchev–Trinajstić information content (AvgIpc) is 2.47. The molecule has 0 amide bonds. The lowest BCUT2D eigenvalue weighted by Gasteiger charge is -2.08. The highest BCUT2D eigenvalue weighted by molar-refractivity contribution is 7.92. The molecule has 0 bridgehead atoms. The lowest BCUT2D eigenvalue weighted by molar-refractivity contribution is 0.103. The minimum atomic E-state index is -3.38. The number of sulfonamides is 1. The van der Waals surface area contributed by atoms with Gasteiger partial charge in [0.25, 0.3) is 0 Å². The molecular formula is C16H16ClNO3S. The van der Waals surface area contributed by atoms with Gasteiger partial charge in [-0.25, -0.2) is 8.42 Å². The molecule has 0 aliphatic rings. The van der Waals surface area contributed by atoms with Gasteiger partial charge >= 0.3 is 0 Å². The maximum atomic E-state index is 12.4. The van der Waals surface area contributed by atoms with Crippen LogP contribution in [0.5, 0.6) is 0 Å². The number of halogens is 1. The molecule has 1 N–H and O–H groups in total. The van der Waals surface area contributed by atoms with E-state index in [2.05, 4.69) is 4.72 Å². The quantitative estimate of drug-likeness (QED) is 0.817. The van der Waals surface area contributed by atoms with Crippen LogP contribution < -0.4 is 4.72 Å². The number of anilines is 1. The Morgan fingerprint density at radius 3 is 2.41 bits per heavy atom. The Morgan fingerprint density at radius 2 is 1.77 bits per heavy atom. The van der Waals surface area contributed by atoms with Gasteiger partial charge in [0, 0.05) is 21.8 Å². The van der Waals surface area contributed by atoms with E-state index in [1.54, 1.807) is 49.4 Å². The number of nitrogens with one attached hydrogen (secondary N) is 1. The summed E-state index contributed by atoms with van der Waals surface area (Å²) in [5, 5.41) is 0.553. The monoisotopic (exact) mass is 337 g/mol. The average molecular weight is 338 g/mol. The molecule has 2 aromatic carbocycles. The van der Waals surface area contributed by atoms with Crippen molar-refractivity contribution in [3.05, 3.63) is 64.7 Å². The molecule has 2 aromatic rings. The standard InChI is InChI=1S/C16H16ClNO3S/c1-2-10-22(20,21)18-15-5-3-4-13(11-15)16(19)12-6-8-14(17)9-7-12/h3-9,11,18H,2,10H2,1H3. The summed E-state index contributed by atoms with van der Waals surface area (Å²) >= 11 is 5.80. The highest BCUT2D eigenvalue weighted by atomic mass is 35.5. The van der Waals surface area contributed by atoms with Crippen LogP contribution >= 0.6 is 11.6 Å². The number of hydrogen-bond donors (Lipinski definition) is 1. The second kappa shape index (κ2) is 6.94. The van der Waals surface area contributed by atoms with Crippen LogP contribution in [0.2, 0.25) is 5.02 Å². The fraction of sp³-hybridized carbons (Fsp3) is 0.188. The van der Waals surface area contributed by atoms with Crippen molar-refractivity contribution in [3.8, 4) is 0 Å². The molecular weight excluding hydrogens is 322 g/mol. The van der Waals surface area contributed by atoms with Crippen LogP contribution in [0.3, 0.4) is 0 Å². The van der Waals surface area contributed by atoms with Gasteiger partial charge in [0.15, 0.2) is 5.78 Å². The molecule has 0 saturated heterocycles. The van der Waals surface area contributed by atoms with Crippen molar-refractivity contribution in [2.75, 3.05) is 10.5 Å². The van der Waals surface area contributed by atoms with Crippen LogP contribution in [-0.4, -0.2) is 20.0 Å². The topological polar surface area (TPSA) is 63.2 Å². The highest BCUT2D eigenvalue weighted by Crippen LogP contribution is 2.18. The molecule has 0 spiro atoms. The van der Waals surface area contributed by atoms with Gasteiger partial charge in [0.1, 0.15) is 0 Å². The molecule has 0 unspecified atom stereocenters. The molecule has 0 aliphatic heterocycles. The van der Waals surface area contributed by atoms with Crippen molar-refractivity contribution >= 4 is 33.1 Å². The van der Waals surface area contributed by atoms with Gasteiger partial charge in [-0.1, -0.05) is 30.7 Å². The first kappa shape index (κ1) is 16.5. The van der Waals surface area contributed by atoms with Crippen molar-refractivity contribution in [2.45, 2.75) is 13.3 Å². The van der Waals surface area contributed by atoms with Gasteiger partial charge in [0.2, 0.25) is 10.0 Å². The smallest absolute Gasteiger partial charge is 0.232 e. The minimum absolute atomic E-state index is 0.0440. The first-order chi connectivity index (χ1) is 10.4. The van der Waals surface area contributed by atoms with E-state index in [-0.39, 0.29) is 11.5 Å². The molecule has 0 heterocycles. The zero-order valence-electron chi connectivity index (χ0n) is 12.0. The van der Waals surface area contributed by atoms with Crippen molar-refractivity contribution in [3.63, 3.8) is 0 Å². The van der Waals surface area contributed by atoms with Crippen LogP contribution in [0.25, 0.3) is 0 Å². The first-order valence-corrected chi connectivity index (χ1v) is 8.85. The zero-order valence-corrected chi connectivity index (χ0v) is 13.6. The maximum Gasteiger partial charge on any atom is 0.232 e. The van der Waals surface area contributed by atoms with Crippen LogP contribution in [0.1, 0.15) is 29.3 Å². The Bertz CT molecular complexity index is 770. The zero-order chi connectivity index (χ0) is 16.2. The number of benzene rings is 2. The Balaban J connectivity index is 2.24. The number of rotatable bonds is 6. The first-order valence-electron chi connectivity index (χ1n) is 6.82. The fourth-order valence-corrected chi connectivity index (χ4v) is 3.24. The van der Waals surface area contributed by atoms with Crippen LogP contribution in [0.15, 0.2) is 48.5 Å². The third-order valence-corrected chi connectivity index (χ3v) is 4.72. The Hall–Kier alpha value is -1.85. The van der Waals surface area contributed by atoms with Crippen LogP contribution in [-0.2, 0) is 10.0 Å². The van der Waals surface area contributed by atoms with Gasteiger partial charge in [-0.2, -0.15) is 0 Å². The fourth-order valence-electron chi connectivity index (χ4n) is 1.99. The number of carbonyl (C=O) groups is 1. The lowest BCUT2D eigenvalue weighted by atomic mass is 10.0. The lowest BCUT2D eigenvalue weighted by Crippen LogP contribution is -2.16. The Labute approximate surface area is 135 Å². The van der Waals surface area contributed by atoms with E-state index in [4.69, 9.17) is 11.6 Å². The van der Waals surface area contributed by atoms with Crippen molar-refractivity contribution in [1.29, 1.82) is 0 Å². The summed E-state index contributed by atoms with van der Waals surface area (Å²) in [6, 6.07) is 13.0. The molecule has 22 heavy (non-hydrogen) atoms. The number of ketones is 1. The summed E-state index contributed by atoms with van der Waals surface area (Å²) in [5.41, 5.74) is 1.30. The molecule has 0 atom stereocenters. The molecule has 0 aliphatic carbocycles. The highest BCUT2D eigenvalue weighted by Gasteiger charge is 2.12. The van der Waals surface area contributed by atoms with Gasteiger partial charge in [-0.05, 0) is 42.8 Å².